The molecule has 2 aromatic rings. The number of thiazole rings is 1. The Bertz CT molecular complexity index is 621. The second-order valence-corrected chi connectivity index (χ2v) is 7.33. The van der Waals surface area contributed by atoms with Gasteiger partial charge in [-0.25, -0.2) is 4.98 Å². The van der Waals surface area contributed by atoms with Crippen molar-refractivity contribution in [1.29, 1.82) is 0 Å². The third kappa shape index (κ3) is 4.64. The van der Waals surface area contributed by atoms with E-state index in [-0.39, 0.29) is 17.4 Å². The van der Waals surface area contributed by atoms with Gasteiger partial charge in [0.1, 0.15) is 9.88 Å². The van der Waals surface area contributed by atoms with E-state index in [2.05, 4.69) is 10.3 Å². The second-order valence-electron chi connectivity index (χ2n) is 6.30. The number of nitrogens with one attached hydrogen (secondary N) is 1. The first kappa shape index (κ1) is 16.6. The van der Waals surface area contributed by atoms with Gasteiger partial charge in [0.2, 0.25) is 0 Å². The maximum absolute atomic E-state index is 12.2. The van der Waals surface area contributed by atoms with Crippen molar-refractivity contribution in [3.8, 4) is 10.6 Å². The van der Waals surface area contributed by atoms with E-state index < -0.39 is 0 Å². The molecular weight excluding hydrogens is 296 g/mol. The monoisotopic (exact) mass is 318 g/mol. The molecule has 2 rings (SSSR count). The van der Waals surface area contributed by atoms with E-state index >= 15 is 0 Å². The van der Waals surface area contributed by atoms with Crippen molar-refractivity contribution in [2.75, 3.05) is 6.54 Å². The van der Waals surface area contributed by atoms with Crippen LogP contribution in [0.25, 0.3) is 10.6 Å². The number of carbonyl (C=O) groups is 1. The van der Waals surface area contributed by atoms with Crippen molar-refractivity contribution >= 4 is 17.2 Å². The first-order chi connectivity index (χ1) is 10.4. The minimum absolute atomic E-state index is 0.113. The maximum atomic E-state index is 12.2. The fraction of sp³-hybridized carbons (Fsp3) is 0.412. The van der Waals surface area contributed by atoms with E-state index in [9.17, 15) is 9.90 Å². The van der Waals surface area contributed by atoms with Crippen LogP contribution in [0.15, 0.2) is 36.5 Å². The highest BCUT2D eigenvalue weighted by molar-refractivity contribution is 7.16. The van der Waals surface area contributed by atoms with E-state index in [1.807, 2.05) is 44.2 Å². The Hall–Kier alpha value is -1.72. The Balaban J connectivity index is 1.98. The fourth-order valence-corrected chi connectivity index (χ4v) is 3.21. The van der Waals surface area contributed by atoms with Gasteiger partial charge in [-0.3, -0.25) is 4.79 Å². The summed E-state index contributed by atoms with van der Waals surface area (Å²) in [5.74, 6) is -0.113. The second kappa shape index (κ2) is 7.03. The summed E-state index contributed by atoms with van der Waals surface area (Å²) in [4.78, 5) is 17.1. The van der Waals surface area contributed by atoms with Crippen molar-refractivity contribution in [2.45, 2.75) is 33.3 Å². The Labute approximate surface area is 135 Å². The van der Waals surface area contributed by atoms with Crippen LogP contribution < -0.4 is 5.32 Å². The standard InChI is InChI=1S/C17H22N2O2S/c1-12(20)9-17(2,3)11-19-15(21)14-10-18-16(22-14)13-7-5-4-6-8-13/h4-8,10,12,20H,9,11H2,1-3H3,(H,19,21). The fourth-order valence-electron chi connectivity index (χ4n) is 2.37. The number of carbonyl (C=O) groups excluding carboxylic acids is 1. The number of rotatable bonds is 6. The van der Waals surface area contributed by atoms with Gasteiger partial charge in [-0.15, -0.1) is 11.3 Å². The van der Waals surface area contributed by atoms with Crippen LogP contribution in [-0.4, -0.2) is 28.6 Å². The van der Waals surface area contributed by atoms with Crippen LogP contribution >= 0.6 is 11.3 Å². The molecule has 22 heavy (non-hydrogen) atoms. The largest absolute Gasteiger partial charge is 0.393 e. The minimum Gasteiger partial charge on any atom is -0.393 e. The van der Waals surface area contributed by atoms with E-state index in [0.29, 0.717) is 17.8 Å². The normalized spacial score (nSPS) is 12.9. The molecule has 1 unspecified atom stereocenters. The van der Waals surface area contributed by atoms with Gasteiger partial charge in [-0.2, -0.15) is 0 Å². The molecule has 2 N–H and O–H groups in total. The average Bonchev–Trinajstić information content (AvgIpc) is 2.94. The SMILES string of the molecule is CC(O)CC(C)(C)CNC(=O)c1cnc(-c2ccccc2)s1. The van der Waals surface area contributed by atoms with Crippen molar-refractivity contribution in [2.24, 2.45) is 5.41 Å². The maximum Gasteiger partial charge on any atom is 0.263 e. The molecular formula is C17H22N2O2S. The molecule has 0 saturated carbocycles. The number of hydrogen-bond donors (Lipinski definition) is 2. The van der Waals surface area contributed by atoms with E-state index in [0.717, 1.165) is 10.6 Å². The van der Waals surface area contributed by atoms with Crippen molar-refractivity contribution in [3.63, 3.8) is 0 Å². The molecule has 1 atom stereocenters. The van der Waals surface area contributed by atoms with Crippen LogP contribution in [0.5, 0.6) is 0 Å². The number of hydrogen-bond acceptors (Lipinski definition) is 4. The van der Waals surface area contributed by atoms with Crippen LogP contribution in [-0.2, 0) is 0 Å². The van der Waals surface area contributed by atoms with E-state index in [4.69, 9.17) is 0 Å². The van der Waals surface area contributed by atoms with Gasteiger partial charge in [-0.1, -0.05) is 44.2 Å². The third-order valence-electron chi connectivity index (χ3n) is 3.33. The summed E-state index contributed by atoms with van der Waals surface area (Å²) in [6.45, 7) is 6.35. The molecule has 0 aliphatic rings. The zero-order valence-electron chi connectivity index (χ0n) is 13.2. The summed E-state index contributed by atoms with van der Waals surface area (Å²) in [6, 6.07) is 9.82. The number of aliphatic hydroxyl groups is 1. The van der Waals surface area contributed by atoms with Crippen LogP contribution in [0, 0.1) is 5.41 Å². The first-order valence-corrected chi connectivity index (χ1v) is 8.16. The summed E-state index contributed by atoms with van der Waals surface area (Å²) in [5.41, 5.74) is 0.873. The summed E-state index contributed by atoms with van der Waals surface area (Å²) in [7, 11) is 0. The molecule has 1 aromatic heterocycles. The van der Waals surface area contributed by atoms with Crippen molar-refractivity contribution < 1.29 is 9.90 Å². The first-order valence-electron chi connectivity index (χ1n) is 7.35. The summed E-state index contributed by atoms with van der Waals surface area (Å²) < 4.78 is 0. The molecule has 0 saturated heterocycles. The lowest BCUT2D eigenvalue weighted by molar-refractivity contribution is 0.0905. The zero-order valence-corrected chi connectivity index (χ0v) is 14.0. The Morgan fingerprint density at radius 2 is 2.05 bits per heavy atom. The number of nitrogens with zero attached hydrogens (tertiary/aromatic N) is 1. The Morgan fingerprint density at radius 1 is 1.36 bits per heavy atom. The van der Waals surface area contributed by atoms with Gasteiger partial charge in [-0.05, 0) is 18.8 Å². The minimum atomic E-state index is -0.375. The van der Waals surface area contributed by atoms with Gasteiger partial charge in [0.15, 0.2) is 0 Å². The molecule has 1 aromatic carbocycles. The summed E-state index contributed by atoms with van der Waals surface area (Å²) in [5, 5.41) is 13.3. The highest BCUT2D eigenvalue weighted by atomic mass is 32.1. The van der Waals surface area contributed by atoms with Crippen LogP contribution in [0.3, 0.4) is 0 Å². The molecule has 0 radical (unpaired) electrons. The lowest BCUT2D eigenvalue weighted by Crippen LogP contribution is -2.35. The van der Waals surface area contributed by atoms with Gasteiger partial charge in [0, 0.05) is 12.1 Å². The summed E-state index contributed by atoms with van der Waals surface area (Å²) in [6.07, 6.45) is 1.88. The molecule has 1 heterocycles. The molecule has 4 nitrogen and oxygen atoms in total. The number of amides is 1. The molecule has 118 valence electrons. The molecule has 0 aliphatic heterocycles. The van der Waals surface area contributed by atoms with E-state index in [1.165, 1.54) is 11.3 Å². The van der Waals surface area contributed by atoms with E-state index in [1.54, 1.807) is 13.1 Å². The average molecular weight is 318 g/mol. The quantitative estimate of drug-likeness (QED) is 0.858. The van der Waals surface area contributed by atoms with Gasteiger partial charge in [0.25, 0.3) is 5.91 Å². The van der Waals surface area contributed by atoms with Crippen LogP contribution in [0.1, 0.15) is 36.9 Å². The third-order valence-corrected chi connectivity index (χ3v) is 4.37. The lowest BCUT2D eigenvalue weighted by Gasteiger charge is -2.26. The Morgan fingerprint density at radius 3 is 2.68 bits per heavy atom. The van der Waals surface area contributed by atoms with Gasteiger partial charge < -0.3 is 10.4 Å². The Kier molecular flexibility index (Phi) is 5.32. The smallest absolute Gasteiger partial charge is 0.263 e. The number of aliphatic hydroxyl groups excluding tert-OH is 1. The predicted octanol–water partition coefficient (Wildman–Crippen LogP) is 3.34. The van der Waals surface area contributed by atoms with Gasteiger partial charge in [0.05, 0.1) is 12.3 Å². The molecule has 0 spiro atoms. The summed E-state index contributed by atoms with van der Waals surface area (Å²) >= 11 is 1.39. The topological polar surface area (TPSA) is 62.2 Å². The highest BCUT2D eigenvalue weighted by Crippen LogP contribution is 2.25. The molecule has 1 amide bonds. The van der Waals surface area contributed by atoms with Crippen molar-refractivity contribution in [3.05, 3.63) is 41.4 Å². The molecule has 0 bridgehead atoms. The highest BCUT2D eigenvalue weighted by Gasteiger charge is 2.22. The lowest BCUT2D eigenvalue weighted by atomic mass is 9.87. The van der Waals surface area contributed by atoms with Crippen molar-refractivity contribution in [1.82, 2.24) is 10.3 Å². The molecule has 5 heteroatoms. The molecule has 0 fully saturated rings. The molecule has 0 aliphatic carbocycles. The van der Waals surface area contributed by atoms with Crippen LogP contribution in [0.4, 0.5) is 0 Å². The van der Waals surface area contributed by atoms with Crippen LogP contribution in [0.2, 0.25) is 0 Å². The number of benzene rings is 1. The van der Waals surface area contributed by atoms with Gasteiger partial charge >= 0.3 is 0 Å². The zero-order chi connectivity index (χ0) is 16.2. The number of aromatic nitrogens is 1. The predicted molar refractivity (Wildman–Crippen MR) is 90.0 cm³/mol.